The molecule has 23 heavy (non-hydrogen) atoms. The molecule has 1 saturated carbocycles. The van der Waals surface area contributed by atoms with Gasteiger partial charge in [-0.3, -0.25) is 5.41 Å². The number of pyridine rings is 1. The predicted molar refractivity (Wildman–Crippen MR) is 86.0 cm³/mol. The molecule has 3 heterocycles. The lowest BCUT2D eigenvalue weighted by Crippen LogP contribution is -2.14. The molecule has 0 radical (unpaired) electrons. The Hall–Kier alpha value is -2.63. The lowest BCUT2D eigenvalue weighted by atomic mass is 10.0. The number of imidazole rings is 1. The topological polar surface area (TPSA) is 90.5 Å². The number of carboxylic acids is 1. The molecule has 118 valence electrons. The number of fused-ring (bicyclic) bond motifs is 1. The van der Waals surface area contributed by atoms with E-state index in [1.165, 1.54) is 24.5 Å². The highest BCUT2D eigenvalue weighted by atomic mass is 16.4. The second-order valence-electron chi connectivity index (χ2n) is 6.25. The molecule has 2 fully saturated rings. The lowest BCUT2D eigenvalue weighted by molar-refractivity contribution is -0.129. The number of aromatic nitrogens is 2. The fraction of sp³-hybridized carbons (Fsp3) is 0.353. The van der Waals surface area contributed by atoms with Crippen LogP contribution in [0.15, 0.2) is 36.3 Å². The number of hydrogen-bond donors (Lipinski definition) is 3. The van der Waals surface area contributed by atoms with Gasteiger partial charge in [0.25, 0.3) is 0 Å². The van der Waals surface area contributed by atoms with Crippen molar-refractivity contribution in [2.45, 2.75) is 31.1 Å². The van der Waals surface area contributed by atoms with E-state index < -0.39 is 11.7 Å². The number of carbonyl (C=O) groups is 1. The maximum absolute atomic E-state index is 10.9. The van der Waals surface area contributed by atoms with Gasteiger partial charge in [-0.15, -0.1) is 0 Å². The molecule has 4 rings (SSSR count). The summed E-state index contributed by atoms with van der Waals surface area (Å²) in [6.07, 6.45) is 8.97. The van der Waals surface area contributed by atoms with Gasteiger partial charge in [0.05, 0.1) is 5.69 Å². The zero-order valence-electron chi connectivity index (χ0n) is 12.6. The number of hydrogen-bond acceptors (Lipinski definition) is 4. The van der Waals surface area contributed by atoms with Gasteiger partial charge in [-0.25, -0.2) is 9.78 Å². The Bertz CT molecular complexity index is 832. The van der Waals surface area contributed by atoms with Crippen molar-refractivity contribution in [2.24, 2.45) is 0 Å². The third kappa shape index (κ3) is 2.60. The normalized spacial score (nSPS) is 22.4. The van der Waals surface area contributed by atoms with Crippen LogP contribution < -0.4 is 5.32 Å². The number of carboxylic acid groups (broad SMARTS) is 1. The average Bonchev–Trinajstić information content (AvgIpc) is 3.13. The Morgan fingerprint density at radius 2 is 2.17 bits per heavy atom. The van der Waals surface area contributed by atoms with E-state index in [-0.39, 0.29) is 5.92 Å². The Balaban J connectivity index is 1.67. The van der Waals surface area contributed by atoms with E-state index in [0.717, 1.165) is 30.0 Å². The zero-order valence-corrected chi connectivity index (χ0v) is 12.6. The molecule has 1 saturated heterocycles. The van der Waals surface area contributed by atoms with Crippen LogP contribution in [-0.2, 0) is 4.79 Å². The van der Waals surface area contributed by atoms with E-state index in [1.54, 1.807) is 0 Å². The van der Waals surface area contributed by atoms with E-state index >= 15 is 0 Å². The molecular formula is C17H18N4O2. The molecule has 1 unspecified atom stereocenters. The van der Waals surface area contributed by atoms with Gasteiger partial charge in [0.15, 0.2) is 0 Å². The van der Waals surface area contributed by atoms with Gasteiger partial charge in [-0.05, 0) is 42.9 Å². The van der Waals surface area contributed by atoms with E-state index in [0.29, 0.717) is 5.92 Å². The van der Waals surface area contributed by atoms with E-state index in [1.807, 2.05) is 12.3 Å². The molecule has 2 aromatic rings. The highest BCUT2D eigenvalue weighted by molar-refractivity contribution is 6.39. The maximum atomic E-state index is 10.9. The number of allylic oxidation sites excluding steroid dienone is 1. The summed E-state index contributed by atoms with van der Waals surface area (Å²) in [6.45, 7) is 0.768. The largest absolute Gasteiger partial charge is 0.477 e. The molecule has 1 atom stereocenters. The number of aliphatic carboxylic acids is 1. The van der Waals surface area contributed by atoms with Crippen LogP contribution in [0.4, 0.5) is 0 Å². The van der Waals surface area contributed by atoms with Crippen molar-refractivity contribution in [3.05, 3.63) is 47.6 Å². The van der Waals surface area contributed by atoms with E-state index in [4.69, 9.17) is 10.5 Å². The van der Waals surface area contributed by atoms with Gasteiger partial charge in [-0.2, -0.15) is 0 Å². The highest BCUT2D eigenvalue weighted by Gasteiger charge is 2.27. The molecule has 2 aromatic heterocycles. The fourth-order valence-electron chi connectivity index (χ4n) is 3.17. The first-order valence-electron chi connectivity index (χ1n) is 7.87. The van der Waals surface area contributed by atoms with Crippen LogP contribution in [0.1, 0.15) is 42.4 Å². The smallest absolute Gasteiger partial charge is 0.353 e. The summed E-state index contributed by atoms with van der Waals surface area (Å²) in [7, 11) is 0. The minimum absolute atomic E-state index is 0.0268. The molecule has 0 spiro atoms. The summed E-state index contributed by atoms with van der Waals surface area (Å²) in [5.74, 6) is -0.488. The summed E-state index contributed by atoms with van der Waals surface area (Å²) in [5.41, 5.74) is 3.55. The molecule has 0 aromatic carbocycles. The zero-order chi connectivity index (χ0) is 16.0. The second kappa shape index (κ2) is 5.22. The standard InChI is InChI=1S/C17H18N4O2/c18-13(17(22)23)7-14-12(5-6-19-14)15-9-21-8-11(10-1-2-10)3-4-16(21)20-15/h3-4,7-10,12,18-19H,1-2,5-6H2,(H,22,23)/b14-7-,18-13?. The minimum atomic E-state index is -1.21. The predicted octanol–water partition coefficient (Wildman–Crippen LogP) is 2.28. The summed E-state index contributed by atoms with van der Waals surface area (Å²) in [5, 5.41) is 19.6. The van der Waals surface area contributed by atoms with Crippen molar-refractivity contribution in [2.75, 3.05) is 6.54 Å². The van der Waals surface area contributed by atoms with Gasteiger partial charge in [0.2, 0.25) is 0 Å². The third-order valence-electron chi connectivity index (χ3n) is 4.57. The van der Waals surface area contributed by atoms with Crippen molar-refractivity contribution in [1.82, 2.24) is 14.7 Å². The molecule has 1 aliphatic carbocycles. The summed E-state index contributed by atoms with van der Waals surface area (Å²) in [6, 6.07) is 4.19. The van der Waals surface area contributed by atoms with Crippen LogP contribution in [-0.4, -0.2) is 32.7 Å². The monoisotopic (exact) mass is 310 g/mol. The van der Waals surface area contributed by atoms with Crippen LogP contribution in [0.3, 0.4) is 0 Å². The van der Waals surface area contributed by atoms with Gasteiger partial charge < -0.3 is 14.8 Å². The summed E-state index contributed by atoms with van der Waals surface area (Å²) < 4.78 is 2.06. The number of nitrogens with one attached hydrogen (secondary N) is 2. The average molecular weight is 310 g/mol. The molecule has 6 heteroatoms. The van der Waals surface area contributed by atoms with Crippen molar-refractivity contribution in [3.8, 4) is 0 Å². The molecular weight excluding hydrogens is 292 g/mol. The maximum Gasteiger partial charge on any atom is 0.353 e. The number of rotatable bonds is 4. The molecule has 3 N–H and O–H groups in total. The third-order valence-corrected chi connectivity index (χ3v) is 4.57. The van der Waals surface area contributed by atoms with Crippen molar-refractivity contribution < 1.29 is 9.90 Å². The molecule has 2 aliphatic rings. The Morgan fingerprint density at radius 3 is 2.91 bits per heavy atom. The molecule has 0 bridgehead atoms. The fourth-order valence-corrected chi connectivity index (χ4v) is 3.17. The highest BCUT2D eigenvalue weighted by Crippen LogP contribution is 2.40. The summed E-state index contributed by atoms with van der Waals surface area (Å²) in [4.78, 5) is 15.5. The number of nitrogens with zero attached hydrogens (tertiary/aromatic N) is 2. The molecule has 6 nitrogen and oxygen atoms in total. The van der Waals surface area contributed by atoms with Crippen LogP contribution >= 0.6 is 0 Å². The Labute approximate surface area is 133 Å². The van der Waals surface area contributed by atoms with Gasteiger partial charge in [0, 0.05) is 30.6 Å². The minimum Gasteiger partial charge on any atom is -0.477 e. The van der Waals surface area contributed by atoms with Gasteiger partial charge in [0.1, 0.15) is 11.4 Å². The summed E-state index contributed by atoms with van der Waals surface area (Å²) >= 11 is 0. The van der Waals surface area contributed by atoms with Crippen molar-refractivity contribution >= 4 is 17.3 Å². The second-order valence-corrected chi connectivity index (χ2v) is 6.25. The van der Waals surface area contributed by atoms with Gasteiger partial charge in [-0.1, -0.05) is 6.07 Å². The quantitative estimate of drug-likeness (QED) is 0.756. The SMILES string of the molecule is N=C(/C=C1\NCCC1c1cn2cc(C3CC3)ccc2n1)C(=O)O. The Kier molecular flexibility index (Phi) is 3.18. The lowest BCUT2D eigenvalue weighted by Gasteiger charge is -2.08. The van der Waals surface area contributed by atoms with Crippen LogP contribution in [0, 0.1) is 5.41 Å². The van der Waals surface area contributed by atoms with Crippen LogP contribution in [0.25, 0.3) is 5.65 Å². The first-order valence-corrected chi connectivity index (χ1v) is 7.87. The van der Waals surface area contributed by atoms with Crippen LogP contribution in [0.2, 0.25) is 0 Å². The van der Waals surface area contributed by atoms with Crippen LogP contribution in [0.5, 0.6) is 0 Å². The first kappa shape index (κ1) is 14.0. The van der Waals surface area contributed by atoms with Crippen molar-refractivity contribution in [1.29, 1.82) is 5.41 Å². The van der Waals surface area contributed by atoms with E-state index in [9.17, 15) is 4.79 Å². The first-order chi connectivity index (χ1) is 11.1. The van der Waals surface area contributed by atoms with Crippen molar-refractivity contribution in [3.63, 3.8) is 0 Å². The molecule has 1 aliphatic heterocycles. The van der Waals surface area contributed by atoms with Gasteiger partial charge >= 0.3 is 5.97 Å². The molecule has 0 amide bonds. The van der Waals surface area contributed by atoms with E-state index in [2.05, 4.69) is 27.0 Å². The Morgan fingerprint density at radius 1 is 1.35 bits per heavy atom.